The fraction of sp³-hybridized carbons (Fsp3) is 0.263. The highest BCUT2D eigenvalue weighted by Gasteiger charge is 2.16. The van der Waals surface area contributed by atoms with E-state index in [0.29, 0.717) is 0 Å². The number of anilines is 1. The van der Waals surface area contributed by atoms with E-state index in [-0.39, 0.29) is 0 Å². The van der Waals surface area contributed by atoms with Crippen molar-refractivity contribution in [3.8, 4) is 11.3 Å². The van der Waals surface area contributed by atoms with Crippen LogP contribution in [0, 0.1) is 0 Å². The molecular formula is C19H19N5O. The minimum Gasteiger partial charge on any atom is -0.378 e. The van der Waals surface area contributed by atoms with Crippen molar-refractivity contribution in [1.82, 2.24) is 19.5 Å². The predicted octanol–water partition coefficient (Wildman–Crippen LogP) is 2.95. The lowest BCUT2D eigenvalue weighted by Gasteiger charge is -2.29. The molecule has 0 unspecified atom stereocenters. The Balaban J connectivity index is 1.66. The Bertz CT molecular complexity index is 1030. The maximum absolute atomic E-state index is 5.47. The van der Waals surface area contributed by atoms with Gasteiger partial charge in [-0.15, -0.1) is 0 Å². The molecule has 0 spiro atoms. The average molecular weight is 333 g/mol. The van der Waals surface area contributed by atoms with Gasteiger partial charge in [0.25, 0.3) is 0 Å². The first-order chi connectivity index (χ1) is 12.3. The van der Waals surface area contributed by atoms with Gasteiger partial charge >= 0.3 is 0 Å². The molecular weight excluding hydrogens is 314 g/mol. The maximum Gasteiger partial charge on any atom is 0.156 e. The summed E-state index contributed by atoms with van der Waals surface area (Å²) >= 11 is 0. The first-order valence-corrected chi connectivity index (χ1v) is 8.51. The lowest BCUT2D eigenvalue weighted by atomic mass is 10.1. The molecule has 4 heterocycles. The Hall–Kier alpha value is -2.86. The molecule has 0 amide bonds. The zero-order valence-electron chi connectivity index (χ0n) is 14.1. The van der Waals surface area contributed by atoms with Crippen LogP contribution in [0.3, 0.4) is 0 Å². The number of benzene rings is 1. The topological polar surface area (TPSA) is 59.0 Å². The summed E-state index contributed by atoms with van der Waals surface area (Å²) in [5.74, 6) is 0. The van der Waals surface area contributed by atoms with Gasteiger partial charge < -0.3 is 19.2 Å². The van der Waals surface area contributed by atoms with E-state index in [2.05, 4.69) is 61.9 Å². The van der Waals surface area contributed by atoms with Gasteiger partial charge in [0.05, 0.1) is 18.9 Å². The van der Waals surface area contributed by atoms with Gasteiger partial charge in [0.2, 0.25) is 0 Å². The van der Waals surface area contributed by atoms with E-state index in [4.69, 9.17) is 4.74 Å². The molecule has 0 atom stereocenters. The second-order valence-electron chi connectivity index (χ2n) is 6.43. The molecule has 1 N–H and O–H groups in total. The second kappa shape index (κ2) is 5.60. The molecule has 0 saturated carbocycles. The van der Waals surface area contributed by atoms with E-state index in [1.807, 2.05) is 0 Å². The van der Waals surface area contributed by atoms with Crippen LogP contribution in [0.5, 0.6) is 0 Å². The molecule has 5 rings (SSSR count). The summed E-state index contributed by atoms with van der Waals surface area (Å²) in [4.78, 5) is 14.5. The number of nitrogens with zero attached hydrogens (tertiary/aromatic N) is 4. The molecule has 1 aromatic carbocycles. The van der Waals surface area contributed by atoms with Crippen molar-refractivity contribution in [2.24, 2.45) is 7.05 Å². The first-order valence-electron chi connectivity index (χ1n) is 8.51. The zero-order chi connectivity index (χ0) is 16.8. The lowest BCUT2D eigenvalue weighted by Crippen LogP contribution is -2.36. The van der Waals surface area contributed by atoms with Gasteiger partial charge in [-0.05, 0) is 24.3 Å². The van der Waals surface area contributed by atoms with E-state index in [9.17, 15) is 0 Å². The number of aromatic amines is 1. The van der Waals surface area contributed by atoms with Gasteiger partial charge in [0.1, 0.15) is 5.52 Å². The zero-order valence-corrected chi connectivity index (χ0v) is 14.1. The fourth-order valence-electron chi connectivity index (χ4n) is 3.61. The van der Waals surface area contributed by atoms with Gasteiger partial charge in [-0.25, -0.2) is 4.98 Å². The molecule has 1 aliphatic rings. The average Bonchev–Trinajstić information content (AvgIpc) is 3.23. The monoisotopic (exact) mass is 333 g/mol. The summed E-state index contributed by atoms with van der Waals surface area (Å²) in [6, 6.07) is 8.75. The highest BCUT2D eigenvalue weighted by Crippen LogP contribution is 2.33. The quantitative estimate of drug-likeness (QED) is 0.613. The van der Waals surface area contributed by atoms with Crippen molar-refractivity contribution in [3.05, 3.63) is 42.9 Å². The van der Waals surface area contributed by atoms with E-state index in [1.54, 1.807) is 12.4 Å². The van der Waals surface area contributed by atoms with Crippen molar-refractivity contribution in [2.75, 3.05) is 31.2 Å². The Morgan fingerprint density at radius 2 is 1.92 bits per heavy atom. The first kappa shape index (κ1) is 14.5. The molecule has 3 aromatic heterocycles. The smallest absolute Gasteiger partial charge is 0.156 e. The van der Waals surface area contributed by atoms with E-state index >= 15 is 0 Å². The molecule has 0 aliphatic carbocycles. The van der Waals surface area contributed by atoms with Crippen LogP contribution in [0.1, 0.15) is 0 Å². The van der Waals surface area contributed by atoms with Crippen LogP contribution >= 0.6 is 0 Å². The Kier molecular flexibility index (Phi) is 3.24. The van der Waals surface area contributed by atoms with E-state index in [0.717, 1.165) is 43.2 Å². The van der Waals surface area contributed by atoms with Crippen LogP contribution in [0.2, 0.25) is 0 Å². The molecule has 0 bridgehead atoms. The molecule has 1 aliphatic heterocycles. The molecule has 4 aromatic rings. The number of hydrogen-bond donors (Lipinski definition) is 1. The number of ether oxygens (including phenoxy) is 1. The number of aromatic nitrogens is 4. The van der Waals surface area contributed by atoms with Crippen LogP contribution < -0.4 is 4.90 Å². The molecule has 6 nitrogen and oxygen atoms in total. The summed E-state index contributed by atoms with van der Waals surface area (Å²) in [6.07, 6.45) is 5.60. The van der Waals surface area contributed by atoms with Gasteiger partial charge in [0.15, 0.2) is 5.65 Å². The number of aryl methyl sites for hydroxylation is 1. The molecule has 25 heavy (non-hydrogen) atoms. The number of morpholine rings is 1. The number of rotatable bonds is 2. The number of hydrogen-bond acceptors (Lipinski definition) is 4. The highest BCUT2D eigenvalue weighted by molar-refractivity contribution is 5.99. The Labute approximate surface area is 145 Å². The summed E-state index contributed by atoms with van der Waals surface area (Å²) in [5.41, 5.74) is 6.39. The minimum absolute atomic E-state index is 0.791. The second-order valence-corrected chi connectivity index (χ2v) is 6.43. The van der Waals surface area contributed by atoms with Crippen LogP contribution in [-0.2, 0) is 11.8 Å². The summed E-state index contributed by atoms with van der Waals surface area (Å²) in [7, 11) is 2.08. The van der Waals surface area contributed by atoms with E-state index in [1.165, 1.54) is 22.2 Å². The summed E-state index contributed by atoms with van der Waals surface area (Å²) in [5, 5.41) is 1.23. The number of fused-ring (bicyclic) bond motifs is 2. The third-order valence-electron chi connectivity index (χ3n) is 4.90. The molecule has 1 saturated heterocycles. The summed E-state index contributed by atoms with van der Waals surface area (Å²) in [6.45, 7) is 3.46. The van der Waals surface area contributed by atoms with Crippen molar-refractivity contribution in [3.63, 3.8) is 0 Å². The van der Waals surface area contributed by atoms with Crippen molar-refractivity contribution < 1.29 is 4.74 Å². The highest BCUT2D eigenvalue weighted by atomic mass is 16.5. The third-order valence-corrected chi connectivity index (χ3v) is 4.90. The molecule has 126 valence electrons. The van der Waals surface area contributed by atoms with Crippen molar-refractivity contribution >= 4 is 27.8 Å². The fourth-order valence-corrected chi connectivity index (χ4v) is 3.61. The van der Waals surface area contributed by atoms with Crippen LogP contribution in [0.15, 0.2) is 42.9 Å². The van der Waals surface area contributed by atoms with E-state index < -0.39 is 0 Å². The van der Waals surface area contributed by atoms with Crippen LogP contribution in [-0.4, -0.2) is 45.8 Å². The van der Waals surface area contributed by atoms with Gasteiger partial charge in [-0.3, -0.25) is 4.98 Å². The van der Waals surface area contributed by atoms with Crippen LogP contribution in [0.25, 0.3) is 33.3 Å². The molecule has 0 radical (unpaired) electrons. The number of H-pyrrole nitrogens is 1. The third kappa shape index (κ3) is 2.37. The van der Waals surface area contributed by atoms with Crippen molar-refractivity contribution in [1.29, 1.82) is 0 Å². The summed E-state index contributed by atoms with van der Waals surface area (Å²) < 4.78 is 7.64. The van der Waals surface area contributed by atoms with Gasteiger partial charge in [0, 0.05) is 60.9 Å². The maximum atomic E-state index is 5.47. The molecule has 1 fully saturated rings. The standard InChI is InChI=1S/C19H19N5O/c1-23-12-15(16-11-17-19(22-16)21-5-4-20-17)14-10-13(2-3-18(14)23)24-6-8-25-9-7-24/h2-5,10-12H,6-9H2,1H3,(H,21,22). The normalized spacial score (nSPS) is 15.3. The van der Waals surface area contributed by atoms with Gasteiger partial charge in [-0.2, -0.15) is 0 Å². The largest absolute Gasteiger partial charge is 0.378 e. The Morgan fingerprint density at radius 3 is 2.76 bits per heavy atom. The number of nitrogens with one attached hydrogen (secondary N) is 1. The lowest BCUT2D eigenvalue weighted by molar-refractivity contribution is 0.122. The Morgan fingerprint density at radius 1 is 1.08 bits per heavy atom. The van der Waals surface area contributed by atoms with Gasteiger partial charge in [-0.1, -0.05) is 0 Å². The predicted molar refractivity (Wildman–Crippen MR) is 98.8 cm³/mol. The van der Waals surface area contributed by atoms with Crippen molar-refractivity contribution in [2.45, 2.75) is 0 Å². The molecule has 6 heteroatoms. The van der Waals surface area contributed by atoms with Crippen LogP contribution in [0.4, 0.5) is 5.69 Å². The minimum atomic E-state index is 0.791. The SMILES string of the molecule is Cn1cc(-c2cc3nccnc3[nH]2)c2cc(N3CCOCC3)ccc21.